The van der Waals surface area contributed by atoms with Crippen molar-refractivity contribution in [2.24, 2.45) is 0 Å². The molecule has 1 atom stereocenters. The lowest BCUT2D eigenvalue weighted by atomic mass is 10.1. The predicted octanol–water partition coefficient (Wildman–Crippen LogP) is 2.48. The van der Waals surface area contributed by atoms with Crippen LogP contribution in [0.25, 0.3) is 10.9 Å². The van der Waals surface area contributed by atoms with Gasteiger partial charge in [-0.05, 0) is 37.7 Å². The molecule has 0 spiro atoms. The van der Waals surface area contributed by atoms with Gasteiger partial charge in [0.25, 0.3) is 15.9 Å². The number of hydrogen-bond acceptors (Lipinski definition) is 8. The van der Waals surface area contributed by atoms with Crippen LogP contribution in [0.1, 0.15) is 26.8 Å². The van der Waals surface area contributed by atoms with Crippen LogP contribution in [0.2, 0.25) is 5.02 Å². The molecule has 2 aliphatic heterocycles. The molecule has 0 aliphatic carbocycles. The van der Waals surface area contributed by atoms with Gasteiger partial charge in [-0.3, -0.25) is 4.79 Å². The van der Waals surface area contributed by atoms with E-state index in [-0.39, 0.29) is 55.1 Å². The Balaban J connectivity index is 0.00000370. The van der Waals surface area contributed by atoms with E-state index >= 15 is 0 Å². The highest BCUT2D eigenvalue weighted by molar-refractivity contribution is 7.89. The van der Waals surface area contributed by atoms with Crippen molar-refractivity contribution in [3.05, 3.63) is 44.9 Å². The van der Waals surface area contributed by atoms with Gasteiger partial charge in [0.15, 0.2) is 5.01 Å². The van der Waals surface area contributed by atoms with E-state index in [1.165, 1.54) is 35.8 Å². The summed E-state index contributed by atoms with van der Waals surface area (Å²) in [5.41, 5.74) is 1.56. The lowest BCUT2D eigenvalue weighted by molar-refractivity contribution is 0.0558. The first kappa shape index (κ1) is 31.2. The van der Waals surface area contributed by atoms with Crippen molar-refractivity contribution in [1.29, 1.82) is 0 Å². The highest BCUT2D eigenvalue weighted by Gasteiger charge is 2.39. The number of aromatic amines is 1. The molecule has 1 saturated heterocycles. The monoisotopic (exact) mass is 650 g/mol. The van der Waals surface area contributed by atoms with E-state index in [9.17, 15) is 21.6 Å². The van der Waals surface area contributed by atoms with Crippen LogP contribution in [0.4, 0.5) is 0 Å². The molecule has 1 aromatic carbocycles. The summed E-state index contributed by atoms with van der Waals surface area (Å²) in [6, 6.07) is 5.97. The van der Waals surface area contributed by atoms with E-state index in [1.54, 1.807) is 23.1 Å². The number of sulfonamides is 2. The standard InChI is InChI=1S/C24H31ClN6O5S3.ClH/c1-28(2)38(33,34)11-7-18-14-30(39(35,36)22-13-16-12-17(25)4-5-19(16)26-22)9-10-31(18)24(32)23-27-20-6-8-29(3)15-21(20)37-23;/h4-5,12-13,18,26H,6-11,14-15H2,1-3H3;1H. The number of nitrogens with one attached hydrogen (secondary N) is 1. The van der Waals surface area contributed by atoms with Gasteiger partial charge < -0.3 is 14.8 Å². The SMILES string of the molecule is CN1CCc2nc(C(=O)N3CCN(S(=O)(=O)c4cc5cc(Cl)ccc5[nH]4)CC3CCS(=O)(=O)N(C)C)sc2C1.Cl. The third-order valence-corrected chi connectivity index (χ3v) is 12.2. The van der Waals surface area contributed by atoms with E-state index in [1.807, 2.05) is 7.05 Å². The maximum atomic E-state index is 13.7. The number of likely N-dealkylation sites (N-methyl/N-ethyl adjacent to an activating group) is 1. The Bertz CT molecular complexity index is 1620. The number of H-pyrrole nitrogens is 1. The van der Waals surface area contributed by atoms with E-state index < -0.39 is 26.1 Å². The zero-order chi connectivity index (χ0) is 28.1. The number of halogens is 2. The number of carbonyl (C=O) groups excluding carboxylic acids is 1. The van der Waals surface area contributed by atoms with Crippen molar-refractivity contribution >= 4 is 72.2 Å². The van der Waals surface area contributed by atoms with Gasteiger partial charge in [0.2, 0.25) is 10.0 Å². The molecular weight excluding hydrogens is 619 g/mol. The molecule has 0 saturated carbocycles. The van der Waals surface area contributed by atoms with Crippen LogP contribution in [0.5, 0.6) is 0 Å². The molecular formula is C24H32Cl2N6O5S3. The quantitative estimate of drug-likeness (QED) is 0.416. The van der Waals surface area contributed by atoms with E-state index in [4.69, 9.17) is 11.6 Å². The summed E-state index contributed by atoms with van der Waals surface area (Å²) in [6.45, 7) is 1.77. The van der Waals surface area contributed by atoms with Gasteiger partial charge in [0.1, 0.15) is 5.03 Å². The first-order chi connectivity index (χ1) is 18.3. The summed E-state index contributed by atoms with van der Waals surface area (Å²) in [5.74, 6) is -0.506. The zero-order valence-corrected chi connectivity index (χ0v) is 26.4. The van der Waals surface area contributed by atoms with Crippen LogP contribution in [0.15, 0.2) is 29.3 Å². The fraction of sp³-hybridized carbons (Fsp3) is 0.500. The van der Waals surface area contributed by atoms with Crippen molar-refractivity contribution in [3.63, 3.8) is 0 Å². The Morgan fingerprint density at radius 2 is 1.93 bits per heavy atom. The normalized spacial score (nSPS) is 19.1. The summed E-state index contributed by atoms with van der Waals surface area (Å²) in [6.07, 6.45) is 0.857. The van der Waals surface area contributed by atoms with Gasteiger partial charge in [0.05, 0.1) is 11.4 Å². The van der Waals surface area contributed by atoms with Crippen LogP contribution in [-0.4, -0.2) is 110 Å². The summed E-state index contributed by atoms with van der Waals surface area (Å²) in [5, 5.41) is 1.55. The molecule has 2 aliphatic rings. The van der Waals surface area contributed by atoms with Crippen molar-refractivity contribution < 1.29 is 21.6 Å². The van der Waals surface area contributed by atoms with Crippen molar-refractivity contribution in [1.82, 2.24) is 28.4 Å². The topological polar surface area (TPSA) is 127 Å². The minimum absolute atomic E-state index is 0. The second-order valence-corrected chi connectivity index (χ2v) is 15.9. The smallest absolute Gasteiger partial charge is 0.283 e. The molecule has 1 amide bonds. The third kappa shape index (κ3) is 6.19. The number of nitrogens with zero attached hydrogens (tertiary/aromatic N) is 5. The Morgan fingerprint density at radius 3 is 2.65 bits per heavy atom. The average Bonchev–Trinajstić information content (AvgIpc) is 3.51. The van der Waals surface area contributed by atoms with Crippen LogP contribution >= 0.6 is 35.3 Å². The highest BCUT2D eigenvalue weighted by atomic mass is 35.5. The lowest BCUT2D eigenvalue weighted by Crippen LogP contribution is -2.57. The number of piperazine rings is 1. The number of amides is 1. The average molecular weight is 652 g/mol. The first-order valence-corrected chi connectivity index (χ1v) is 16.8. The third-order valence-electron chi connectivity index (χ3n) is 7.25. The molecule has 2 aromatic heterocycles. The predicted molar refractivity (Wildman–Crippen MR) is 158 cm³/mol. The largest absolute Gasteiger partial charge is 0.345 e. The van der Waals surface area contributed by atoms with Crippen molar-refractivity contribution in [2.75, 3.05) is 53.1 Å². The molecule has 1 unspecified atom stereocenters. The maximum Gasteiger partial charge on any atom is 0.283 e. The summed E-state index contributed by atoms with van der Waals surface area (Å²) < 4.78 is 54.8. The number of hydrogen-bond donors (Lipinski definition) is 1. The van der Waals surface area contributed by atoms with Gasteiger partial charge in [-0.2, -0.15) is 4.31 Å². The molecule has 16 heteroatoms. The van der Waals surface area contributed by atoms with E-state index in [2.05, 4.69) is 14.9 Å². The first-order valence-electron chi connectivity index (χ1n) is 12.5. The molecule has 5 rings (SSSR count). The van der Waals surface area contributed by atoms with Gasteiger partial charge >= 0.3 is 0 Å². The minimum atomic E-state index is -3.94. The highest BCUT2D eigenvalue weighted by Crippen LogP contribution is 2.29. The lowest BCUT2D eigenvalue weighted by Gasteiger charge is -2.40. The molecule has 11 nitrogen and oxygen atoms in total. The second-order valence-electron chi connectivity index (χ2n) is 10.1. The van der Waals surface area contributed by atoms with E-state index in [0.29, 0.717) is 20.9 Å². The number of benzene rings is 1. The maximum absolute atomic E-state index is 13.7. The van der Waals surface area contributed by atoms with Crippen molar-refractivity contribution in [2.45, 2.75) is 30.5 Å². The van der Waals surface area contributed by atoms with Gasteiger partial charge in [-0.15, -0.1) is 23.7 Å². The minimum Gasteiger partial charge on any atom is -0.345 e. The van der Waals surface area contributed by atoms with Gasteiger partial charge in [-0.1, -0.05) is 11.6 Å². The van der Waals surface area contributed by atoms with Crippen LogP contribution in [0, 0.1) is 0 Å². The van der Waals surface area contributed by atoms with Crippen LogP contribution in [-0.2, 0) is 33.0 Å². The van der Waals surface area contributed by atoms with Crippen LogP contribution < -0.4 is 0 Å². The zero-order valence-electron chi connectivity index (χ0n) is 22.3. The van der Waals surface area contributed by atoms with Crippen LogP contribution in [0.3, 0.4) is 0 Å². The summed E-state index contributed by atoms with van der Waals surface area (Å²) in [4.78, 5) is 26.0. The molecule has 1 fully saturated rings. The molecule has 0 radical (unpaired) electrons. The molecule has 40 heavy (non-hydrogen) atoms. The number of fused-ring (bicyclic) bond motifs is 2. The fourth-order valence-corrected chi connectivity index (χ4v) is 8.66. The summed E-state index contributed by atoms with van der Waals surface area (Å²) >= 11 is 7.43. The molecule has 3 aromatic rings. The number of thiazole rings is 1. The molecule has 220 valence electrons. The van der Waals surface area contributed by atoms with Crippen molar-refractivity contribution in [3.8, 4) is 0 Å². The van der Waals surface area contributed by atoms with E-state index in [0.717, 1.165) is 34.4 Å². The number of aromatic nitrogens is 2. The molecule has 0 bridgehead atoms. The Kier molecular flexibility index (Phi) is 9.22. The Morgan fingerprint density at radius 1 is 1.18 bits per heavy atom. The molecule has 1 N–H and O–H groups in total. The summed E-state index contributed by atoms with van der Waals surface area (Å²) in [7, 11) is -2.57. The van der Waals surface area contributed by atoms with Gasteiger partial charge in [0, 0.05) is 80.1 Å². The molecule has 4 heterocycles. The number of carbonyl (C=O) groups is 1. The Hall–Kier alpha value is -1.78. The number of rotatable bonds is 7. The van der Waals surface area contributed by atoms with Gasteiger partial charge in [-0.25, -0.2) is 26.1 Å². The fourth-order valence-electron chi connectivity index (χ4n) is 4.92. The second kappa shape index (κ2) is 11.8. The Labute approximate surface area is 249 Å².